The van der Waals surface area contributed by atoms with E-state index in [9.17, 15) is 4.79 Å². The molecule has 2 amide bonds. The minimum Gasteiger partial charge on any atom is -0.351 e. The number of nitrogens with two attached hydrogens (primary N) is 1. The van der Waals surface area contributed by atoms with Crippen LogP contribution in [0.3, 0.4) is 0 Å². The highest BCUT2D eigenvalue weighted by Gasteiger charge is 2.32. The largest absolute Gasteiger partial charge is 0.351 e. The maximum absolute atomic E-state index is 11.3. The molecule has 2 aliphatic heterocycles. The zero-order valence-electron chi connectivity index (χ0n) is 9.04. The SMILES string of the molecule is NC(=O)N1CCNCC1[C@H]1CCCNC1. The van der Waals surface area contributed by atoms with Crippen LogP contribution in [-0.4, -0.2) is 49.7 Å². The molecule has 0 spiro atoms. The molecule has 0 radical (unpaired) electrons. The van der Waals surface area contributed by atoms with Gasteiger partial charge in [0.1, 0.15) is 0 Å². The van der Waals surface area contributed by atoms with Crippen LogP contribution in [-0.2, 0) is 0 Å². The molecule has 0 aromatic heterocycles. The molecule has 5 nitrogen and oxygen atoms in total. The molecule has 5 heteroatoms. The molecule has 2 rings (SSSR count). The number of urea groups is 1. The van der Waals surface area contributed by atoms with Crippen molar-refractivity contribution in [3.05, 3.63) is 0 Å². The van der Waals surface area contributed by atoms with Gasteiger partial charge in [0.2, 0.25) is 0 Å². The van der Waals surface area contributed by atoms with Gasteiger partial charge in [-0.25, -0.2) is 4.79 Å². The van der Waals surface area contributed by atoms with Gasteiger partial charge in [0, 0.05) is 25.7 Å². The third-order valence-electron chi connectivity index (χ3n) is 3.45. The van der Waals surface area contributed by atoms with Gasteiger partial charge in [-0.15, -0.1) is 0 Å². The van der Waals surface area contributed by atoms with E-state index in [0.717, 1.165) is 32.7 Å². The third-order valence-corrected chi connectivity index (χ3v) is 3.45. The van der Waals surface area contributed by atoms with E-state index in [-0.39, 0.29) is 12.1 Å². The number of carbonyl (C=O) groups excluding carboxylic acids is 1. The number of nitrogens with zero attached hydrogens (tertiary/aromatic N) is 1. The molecule has 0 saturated carbocycles. The number of hydrogen-bond donors (Lipinski definition) is 3. The second-order valence-electron chi connectivity index (χ2n) is 4.41. The van der Waals surface area contributed by atoms with Crippen LogP contribution in [0.15, 0.2) is 0 Å². The normalized spacial score (nSPS) is 32.7. The summed E-state index contributed by atoms with van der Waals surface area (Å²) in [5.74, 6) is 0.555. The monoisotopic (exact) mass is 212 g/mol. The van der Waals surface area contributed by atoms with Gasteiger partial charge in [-0.1, -0.05) is 0 Å². The Labute approximate surface area is 90.4 Å². The zero-order valence-corrected chi connectivity index (χ0v) is 9.04. The highest BCUT2D eigenvalue weighted by molar-refractivity contribution is 5.72. The van der Waals surface area contributed by atoms with Crippen molar-refractivity contribution in [1.29, 1.82) is 0 Å². The smallest absolute Gasteiger partial charge is 0.315 e. The molecule has 2 aliphatic rings. The van der Waals surface area contributed by atoms with Crippen LogP contribution < -0.4 is 16.4 Å². The highest BCUT2D eigenvalue weighted by Crippen LogP contribution is 2.20. The maximum Gasteiger partial charge on any atom is 0.315 e. The van der Waals surface area contributed by atoms with Crippen LogP contribution in [0.1, 0.15) is 12.8 Å². The topological polar surface area (TPSA) is 70.4 Å². The molecular formula is C10H20N4O. The van der Waals surface area contributed by atoms with Gasteiger partial charge < -0.3 is 21.3 Å². The fourth-order valence-electron chi connectivity index (χ4n) is 2.63. The van der Waals surface area contributed by atoms with Gasteiger partial charge in [-0.3, -0.25) is 0 Å². The van der Waals surface area contributed by atoms with Gasteiger partial charge in [-0.05, 0) is 31.8 Å². The minimum absolute atomic E-state index is 0.271. The lowest BCUT2D eigenvalue weighted by Gasteiger charge is -2.41. The van der Waals surface area contributed by atoms with Crippen molar-refractivity contribution < 1.29 is 4.79 Å². The number of piperazine rings is 1. The Balaban J connectivity index is 1.99. The fraction of sp³-hybridized carbons (Fsp3) is 0.900. The molecule has 1 unspecified atom stereocenters. The van der Waals surface area contributed by atoms with Crippen molar-refractivity contribution in [2.75, 3.05) is 32.7 Å². The van der Waals surface area contributed by atoms with E-state index in [1.807, 2.05) is 4.90 Å². The molecule has 0 aliphatic carbocycles. The van der Waals surface area contributed by atoms with Gasteiger partial charge in [-0.2, -0.15) is 0 Å². The predicted octanol–water partition coefficient (Wildman–Crippen LogP) is -0.661. The summed E-state index contributed by atoms with van der Waals surface area (Å²) in [6.45, 7) is 4.61. The van der Waals surface area contributed by atoms with E-state index >= 15 is 0 Å². The predicted molar refractivity (Wildman–Crippen MR) is 58.5 cm³/mol. The summed E-state index contributed by atoms with van der Waals surface area (Å²) >= 11 is 0. The third kappa shape index (κ3) is 2.41. The Bertz CT molecular complexity index is 227. The van der Waals surface area contributed by atoms with E-state index in [0.29, 0.717) is 5.92 Å². The quantitative estimate of drug-likeness (QED) is 0.540. The molecule has 15 heavy (non-hydrogen) atoms. The first-order chi connectivity index (χ1) is 7.29. The minimum atomic E-state index is -0.271. The number of rotatable bonds is 1. The Kier molecular flexibility index (Phi) is 3.43. The van der Waals surface area contributed by atoms with Crippen molar-refractivity contribution in [2.24, 2.45) is 11.7 Å². The van der Waals surface area contributed by atoms with Crippen molar-refractivity contribution in [3.63, 3.8) is 0 Å². The summed E-state index contributed by atoms with van der Waals surface area (Å²) in [5.41, 5.74) is 5.40. The van der Waals surface area contributed by atoms with Crippen LogP contribution in [0.2, 0.25) is 0 Å². The molecular weight excluding hydrogens is 192 g/mol. The average Bonchev–Trinajstić information content (AvgIpc) is 2.30. The molecule has 0 bridgehead atoms. The second-order valence-corrected chi connectivity index (χ2v) is 4.41. The van der Waals surface area contributed by atoms with Crippen molar-refractivity contribution in [1.82, 2.24) is 15.5 Å². The van der Waals surface area contributed by atoms with E-state index in [1.165, 1.54) is 12.8 Å². The molecule has 0 aromatic rings. The van der Waals surface area contributed by atoms with Crippen LogP contribution in [0.4, 0.5) is 4.79 Å². The summed E-state index contributed by atoms with van der Waals surface area (Å²) in [6.07, 6.45) is 2.40. The lowest BCUT2D eigenvalue weighted by atomic mass is 9.89. The Hall–Kier alpha value is -0.810. The Morgan fingerprint density at radius 1 is 1.27 bits per heavy atom. The molecule has 2 fully saturated rings. The second kappa shape index (κ2) is 4.81. The zero-order chi connectivity index (χ0) is 10.7. The van der Waals surface area contributed by atoms with E-state index in [1.54, 1.807) is 0 Å². The molecule has 2 saturated heterocycles. The van der Waals surface area contributed by atoms with Crippen molar-refractivity contribution >= 4 is 6.03 Å². The average molecular weight is 212 g/mol. The molecule has 0 aromatic carbocycles. The summed E-state index contributed by atoms with van der Waals surface area (Å²) in [5, 5.41) is 6.72. The molecule has 2 heterocycles. The van der Waals surface area contributed by atoms with Gasteiger partial charge in [0.25, 0.3) is 0 Å². The first kappa shape index (κ1) is 10.7. The summed E-state index contributed by atoms with van der Waals surface area (Å²) in [7, 11) is 0. The number of primary amides is 1. The first-order valence-electron chi connectivity index (χ1n) is 5.76. The van der Waals surface area contributed by atoms with Gasteiger partial charge in [0.15, 0.2) is 0 Å². The molecule has 2 atom stereocenters. The van der Waals surface area contributed by atoms with Crippen LogP contribution >= 0.6 is 0 Å². The standard InChI is InChI=1S/C10H20N4O/c11-10(15)14-5-4-13-7-9(14)8-2-1-3-12-6-8/h8-9,12-13H,1-7H2,(H2,11,15)/t8-,9?/m0/s1. The Morgan fingerprint density at radius 2 is 2.07 bits per heavy atom. The highest BCUT2D eigenvalue weighted by atomic mass is 16.2. The summed E-state index contributed by atoms with van der Waals surface area (Å²) < 4.78 is 0. The number of carbonyl (C=O) groups is 1. The van der Waals surface area contributed by atoms with Crippen molar-refractivity contribution in [3.8, 4) is 0 Å². The number of amides is 2. The van der Waals surface area contributed by atoms with E-state index in [2.05, 4.69) is 10.6 Å². The first-order valence-corrected chi connectivity index (χ1v) is 5.76. The van der Waals surface area contributed by atoms with Crippen LogP contribution in [0.25, 0.3) is 0 Å². The summed E-state index contributed by atoms with van der Waals surface area (Å²) in [4.78, 5) is 13.1. The fourth-order valence-corrected chi connectivity index (χ4v) is 2.63. The van der Waals surface area contributed by atoms with Gasteiger partial charge in [0.05, 0.1) is 0 Å². The van der Waals surface area contributed by atoms with E-state index in [4.69, 9.17) is 5.73 Å². The van der Waals surface area contributed by atoms with Gasteiger partial charge >= 0.3 is 6.03 Å². The van der Waals surface area contributed by atoms with Crippen molar-refractivity contribution in [2.45, 2.75) is 18.9 Å². The molecule has 86 valence electrons. The van der Waals surface area contributed by atoms with E-state index < -0.39 is 0 Å². The molecule has 4 N–H and O–H groups in total. The number of piperidine rings is 1. The number of hydrogen-bond acceptors (Lipinski definition) is 3. The number of nitrogens with one attached hydrogen (secondary N) is 2. The summed E-state index contributed by atoms with van der Waals surface area (Å²) in [6, 6.07) is 0.0103. The lowest BCUT2D eigenvalue weighted by molar-refractivity contribution is 0.122. The lowest BCUT2D eigenvalue weighted by Crippen LogP contribution is -2.59. The van der Waals surface area contributed by atoms with Crippen LogP contribution in [0.5, 0.6) is 0 Å². The van der Waals surface area contributed by atoms with Crippen LogP contribution in [0, 0.1) is 5.92 Å². The maximum atomic E-state index is 11.3. The Morgan fingerprint density at radius 3 is 2.73 bits per heavy atom.